The molecule has 0 bridgehead atoms. The van der Waals surface area contributed by atoms with Crippen LogP contribution in [-0.2, 0) is 21.7 Å². The van der Waals surface area contributed by atoms with Gasteiger partial charge in [-0.15, -0.1) is 0 Å². The van der Waals surface area contributed by atoms with Crippen molar-refractivity contribution in [2.45, 2.75) is 119 Å². The third-order valence-corrected chi connectivity index (χ3v) is 6.54. The van der Waals surface area contributed by atoms with Crippen LogP contribution < -0.4 is 0 Å². The lowest BCUT2D eigenvalue weighted by Crippen LogP contribution is -2.19. The Hall–Kier alpha value is -1.82. The molecule has 32 heavy (non-hydrogen) atoms. The minimum absolute atomic E-state index is 0.0870. The Morgan fingerprint density at radius 3 is 0.938 bits per heavy atom. The van der Waals surface area contributed by atoms with E-state index >= 15 is 0 Å². The fraction of sp³-hybridized carbons (Fsp3) is 0.562. The highest BCUT2D eigenvalue weighted by atomic mass is 14.3. The lowest BCUT2D eigenvalue weighted by Gasteiger charge is -2.29. The largest absolute Gasteiger partial charge is 0.0561 e. The van der Waals surface area contributed by atoms with Crippen molar-refractivity contribution >= 4 is 12.2 Å². The van der Waals surface area contributed by atoms with Gasteiger partial charge in [-0.1, -0.05) is 120 Å². The van der Waals surface area contributed by atoms with Gasteiger partial charge in [0.25, 0.3) is 0 Å². The first-order valence-corrected chi connectivity index (χ1v) is 12.2. The molecule has 176 valence electrons. The second-order valence-corrected chi connectivity index (χ2v) is 13.8. The van der Waals surface area contributed by atoms with E-state index in [9.17, 15) is 0 Å². The molecule has 0 saturated carbocycles. The van der Waals surface area contributed by atoms with Crippen LogP contribution in [0, 0.1) is 13.8 Å². The van der Waals surface area contributed by atoms with Gasteiger partial charge in [0.1, 0.15) is 0 Å². The summed E-state index contributed by atoms with van der Waals surface area (Å²) in [5, 5.41) is 0. The van der Waals surface area contributed by atoms with Crippen LogP contribution in [0.25, 0.3) is 12.2 Å². The highest BCUT2D eigenvalue weighted by molar-refractivity contribution is 5.77. The predicted molar refractivity (Wildman–Crippen MR) is 146 cm³/mol. The first-order chi connectivity index (χ1) is 14.2. The first-order valence-electron chi connectivity index (χ1n) is 12.2. The Balaban J connectivity index is 2.76. The maximum Gasteiger partial charge on any atom is -0.0126 e. The molecule has 2 aromatic rings. The monoisotopic (exact) mass is 432 g/mol. The van der Waals surface area contributed by atoms with Gasteiger partial charge in [0.2, 0.25) is 0 Å². The molecule has 0 aliphatic carbocycles. The molecule has 0 radical (unpaired) electrons. The van der Waals surface area contributed by atoms with Crippen molar-refractivity contribution in [1.29, 1.82) is 0 Å². The first kappa shape index (κ1) is 26.4. The molecule has 0 aliphatic rings. The molecule has 0 atom stereocenters. The second kappa shape index (κ2) is 8.51. The van der Waals surface area contributed by atoms with Gasteiger partial charge in [0.15, 0.2) is 0 Å². The van der Waals surface area contributed by atoms with E-state index in [0.717, 1.165) is 0 Å². The van der Waals surface area contributed by atoms with Crippen molar-refractivity contribution in [3.63, 3.8) is 0 Å². The molecule has 0 fully saturated rings. The summed E-state index contributed by atoms with van der Waals surface area (Å²) in [7, 11) is 0. The lowest BCUT2D eigenvalue weighted by molar-refractivity contribution is 0.566. The molecule has 2 aromatic carbocycles. The van der Waals surface area contributed by atoms with Gasteiger partial charge in [-0.05, 0) is 80.0 Å². The van der Waals surface area contributed by atoms with E-state index in [-0.39, 0.29) is 21.7 Å². The topological polar surface area (TPSA) is 0 Å². The van der Waals surface area contributed by atoms with Crippen molar-refractivity contribution < 1.29 is 0 Å². The Morgan fingerprint density at radius 2 is 0.719 bits per heavy atom. The number of benzene rings is 2. The number of hydrogen-bond acceptors (Lipinski definition) is 0. The van der Waals surface area contributed by atoms with Crippen molar-refractivity contribution in [3.05, 3.63) is 68.8 Å². The minimum Gasteiger partial charge on any atom is -0.0561 e. The molecule has 0 saturated heterocycles. The van der Waals surface area contributed by atoms with Gasteiger partial charge < -0.3 is 0 Å². The maximum atomic E-state index is 2.44. The van der Waals surface area contributed by atoms with Gasteiger partial charge >= 0.3 is 0 Å². The van der Waals surface area contributed by atoms with E-state index in [1.165, 1.54) is 44.5 Å². The highest BCUT2D eigenvalue weighted by Crippen LogP contribution is 2.37. The van der Waals surface area contributed by atoms with Crippen LogP contribution in [-0.4, -0.2) is 0 Å². The van der Waals surface area contributed by atoms with E-state index in [2.05, 4.69) is 133 Å². The standard InChI is InChI=1S/C32H48/c1-21-17-23(29(3,4)5)19-27(31(9,10)11)25(21)15-16-26-22(2)18-24(30(6,7)8)20-28(26)32(12,13)14/h15-20H,1-14H3. The Labute approximate surface area is 199 Å². The van der Waals surface area contributed by atoms with Crippen LogP contribution in [0.2, 0.25) is 0 Å². The number of hydrogen-bond donors (Lipinski definition) is 0. The summed E-state index contributed by atoms with van der Waals surface area (Å²) < 4.78 is 0. The van der Waals surface area contributed by atoms with Gasteiger partial charge in [-0.25, -0.2) is 0 Å². The summed E-state index contributed by atoms with van der Waals surface area (Å²) in [6.07, 6.45) is 4.74. The van der Waals surface area contributed by atoms with E-state index in [1.54, 1.807) is 0 Å². The second-order valence-electron chi connectivity index (χ2n) is 13.8. The summed E-state index contributed by atoms with van der Waals surface area (Å²) >= 11 is 0. The molecule has 0 aromatic heterocycles. The molecular weight excluding hydrogens is 384 g/mol. The van der Waals surface area contributed by atoms with Gasteiger partial charge in [0, 0.05) is 0 Å². The zero-order chi connectivity index (χ0) is 24.9. The zero-order valence-corrected chi connectivity index (χ0v) is 23.5. The van der Waals surface area contributed by atoms with Crippen LogP contribution in [0.15, 0.2) is 24.3 Å². The molecule has 0 heterocycles. The van der Waals surface area contributed by atoms with E-state index < -0.39 is 0 Å². The fourth-order valence-corrected chi connectivity index (χ4v) is 4.31. The Bertz CT molecular complexity index is 917. The number of aryl methyl sites for hydroxylation is 2. The zero-order valence-electron chi connectivity index (χ0n) is 23.5. The summed E-state index contributed by atoms with van der Waals surface area (Å²) in [5.41, 5.74) is 11.6. The molecule has 0 unspecified atom stereocenters. The quantitative estimate of drug-likeness (QED) is 0.414. The molecule has 0 nitrogen and oxygen atoms in total. The predicted octanol–water partition coefficient (Wildman–Crippen LogP) is 9.66. The van der Waals surface area contributed by atoms with Crippen molar-refractivity contribution in [1.82, 2.24) is 0 Å². The SMILES string of the molecule is Cc1cc(C(C)(C)C)cc(C(C)(C)C)c1C=Cc1c(C)cc(C(C)(C)C)cc1C(C)(C)C. The normalized spacial score (nSPS) is 13.8. The van der Waals surface area contributed by atoms with E-state index in [0.29, 0.717) is 0 Å². The molecule has 0 N–H and O–H groups in total. The van der Waals surface area contributed by atoms with Crippen LogP contribution >= 0.6 is 0 Å². The van der Waals surface area contributed by atoms with E-state index in [4.69, 9.17) is 0 Å². The van der Waals surface area contributed by atoms with Crippen LogP contribution in [0.3, 0.4) is 0 Å². The summed E-state index contributed by atoms with van der Waals surface area (Å²) in [5.74, 6) is 0. The van der Waals surface area contributed by atoms with Crippen LogP contribution in [0.4, 0.5) is 0 Å². The third-order valence-electron chi connectivity index (χ3n) is 6.54. The Kier molecular flexibility index (Phi) is 7.03. The molecule has 0 aliphatic heterocycles. The van der Waals surface area contributed by atoms with Crippen molar-refractivity contribution in [3.8, 4) is 0 Å². The van der Waals surface area contributed by atoms with E-state index in [1.807, 2.05) is 0 Å². The third kappa shape index (κ3) is 5.94. The van der Waals surface area contributed by atoms with Crippen LogP contribution in [0.1, 0.15) is 128 Å². The Morgan fingerprint density at radius 1 is 0.438 bits per heavy atom. The highest BCUT2D eigenvalue weighted by Gasteiger charge is 2.25. The lowest BCUT2D eigenvalue weighted by atomic mass is 9.75. The summed E-state index contributed by atoms with van der Waals surface area (Å²) in [6, 6.07) is 9.64. The maximum absolute atomic E-state index is 2.44. The van der Waals surface area contributed by atoms with Crippen LogP contribution in [0.5, 0.6) is 0 Å². The fourth-order valence-electron chi connectivity index (χ4n) is 4.31. The average molecular weight is 433 g/mol. The van der Waals surface area contributed by atoms with Gasteiger partial charge in [0.05, 0.1) is 0 Å². The summed E-state index contributed by atoms with van der Waals surface area (Å²) in [4.78, 5) is 0. The number of rotatable bonds is 2. The summed E-state index contributed by atoms with van der Waals surface area (Å²) in [6.45, 7) is 32.3. The van der Waals surface area contributed by atoms with Gasteiger partial charge in [-0.3, -0.25) is 0 Å². The minimum atomic E-state index is 0.0870. The molecule has 0 heteroatoms. The average Bonchev–Trinajstić information content (AvgIpc) is 2.57. The smallest absolute Gasteiger partial charge is 0.0126 e. The van der Waals surface area contributed by atoms with Crippen molar-refractivity contribution in [2.24, 2.45) is 0 Å². The van der Waals surface area contributed by atoms with Crippen molar-refractivity contribution in [2.75, 3.05) is 0 Å². The molecular formula is C32H48. The molecule has 0 spiro atoms. The molecule has 0 amide bonds. The van der Waals surface area contributed by atoms with Gasteiger partial charge in [-0.2, -0.15) is 0 Å². The molecule has 2 rings (SSSR count).